The van der Waals surface area contributed by atoms with Gasteiger partial charge in [-0.05, 0) is 29.7 Å². The number of halogens is 1. The Labute approximate surface area is 97.1 Å². The standard InChI is InChI=1S/C13H12ClP/c1-10-2-6-12(7-3-10)15-13-8-4-11(14)5-9-13/h2-9,15H,1H3. The average molecular weight is 235 g/mol. The highest BCUT2D eigenvalue weighted by molar-refractivity contribution is 7.55. The summed E-state index contributed by atoms with van der Waals surface area (Å²) in [6, 6.07) is 16.7. The van der Waals surface area contributed by atoms with Crippen LogP contribution < -0.4 is 10.6 Å². The first-order valence-electron chi connectivity index (χ1n) is 4.83. The van der Waals surface area contributed by atoms with E-state index in [0.717, 1.165) is 5.02 Å². The van der Waals surface area contributed by atoms with Crippen molar-refractivity contribution in [2.45, 2.75) is 6.92 Å². The van der Waals surface area contributed by atoms with Gasteiger partial charge in [0.2, 0.25) is 0 Å². The van der Waals surface area contributed by atoms with E-state index in [4.69, 9.17) is 11.6 Å². The van der Waals surface area contributed by atoms with E-state index < -0.39 is 0 Å². The molecule has 1 unspecified atom stereocenters. The molecule has 0 spiro atoms. The Balaban J connectivity index is 2.15. The Morgan fingerprint density at radius 1 is 0.800 bits per heavy atom. The van der Waals surface area contributed by atoms with Crippen molar-refractivity contribution >= 4 is 30.8 Å². The Bertz CT molecular complexity index is 388. The van der Waals surface area contributed by atoms with Gasteiger partial charge < -0.3 is 0 Å². The zero-order valence-corrected chi connectivity index (χ0v) is 10.3. The van der Waals surface area contributed by atoms with E-state index in [-0.39, 0.29) is 0 Å². The van der Waals surface area contributed by atoms with Crippen molar-refractivity contribution in [2.24, 2.45) is 0 Å². The third-order valence-corrected chi connectivity index (χ3v) is 3.68. The molecule has 2 aromatic rings. The monoisotopic (exact) mass is 234 g/mol. The molecule has 1 atom stereocenters. The van der Waals surface area contributed by atoms with Crippen LogP contribution in [-0.4, -0.2) is 0 Å². The normalized spacial score (nSPS) is 11.1. The molecular formula is C13H12ClP. The lowest BCUT2D eigenvalue weighted by atomic mass is 10.2. The summed E-state index contributed by atoms with van der Waals surface area (Å²) in [4.78, 5) is 0. The summed E-state index contributed by atoms with van der Waals surface area (Å²) >= 11 is 5.84. The number of hydrogen-bond donors (Lipinski definition) is 0. The van der Waals surface area contributed by atoms with Gasteiger partial charge in [-0.1, -0.05) is 62.1 Å². The smallest absolute Gasteiger partial charge is 0.0406 e. The van der Waals surface area contributed by atoms with Gasteiger partial charge in [-0.25, -0.2) is 0 Å². The molecule has 0 fully saturated rings. The molecule has 0 bridgehead atoms. The number of rotatable bonds is 2. The molecule has 0 N–H and O–H groups in total. The lowest BCUT2D eigenvalue weighted by Crippen LogP contribution is -2.02. The Morgan fingerprint density at radius 2 is 1.27 bits per heavy atom. The summed E-state index contributed by atoms with van der Waals surface area (Å²) in [5.74, 6) is 0. The first-order chi connectivity index (χ1) is 7.24. The molecule has 0 amide bonds. The van der Waals surface area contributed by atoms with E-state index in [0.29, 0.717) is 8.58 Å². The van der Waals surface area contributed by atoms with Gasteiger partial charge in [-0.2, -0.15) is 0 Å². The molecule has 0 aliphatic heterocycles. The highest BCUT2D eigenvalue weighted by atomic mass is 35.5. The summed E-state index contributed by atoms with van der Waals surface area (Å²) < 4.78 is 0. The van der Waals surface area contributed by atoms with Crippen molar-refractivity contribution in [1.29, 1.82) is 0 Å². The van der Waals surface area contributed by atoms with Gasteiger partial charge in [0.1, 0.15) is 0 Å². The molecule has 0 heterocycles. The van der Waals surface area contributed by atoms with Crippen LogP contribution in [0.4, 0.5) is 0 Å². The predicted octanol–water partition coefficient (Wildman–Crippen LogP) is 3.28. The van der Waals surface area contributed by atoms with Crippen LogP contribution in [0.5, 0.6) is 0 Å². The molecule has 2 aromatic carbocycles. The van der Waals surface area contributed by atoms with Gasteiger partial charge in [-0.15, -0.1) is 0 Å². The molecule has 0 nitrogen and oxygen atoms in total. The van der Waals surface area contributed by atoms with Crippen molar-refractivity contribution in [2.75, 3.05) is 0 Å². The summed E-state index contributed by atoms with van der Waals surface area (Å²) in [5.41, 5.74) is 1.31. The average Bonchev–Trinajstić information content (AvgIpc) is 2.25. The molecule has 0 saturated carbocycles. The maximum atomic E-state index is 5.84. The molecule has 0 aliphatic carbocycles. The number of aryl methyl sites for hydroxylation is 1. The maximum Gasteiger partial charge on any atom is 0.0406 e. The molecule has 0 radical (unpaired) electrons. The number of benzene rings is 2. The van der Waals surface area contributed by atoms with Crippen LogP contribution in [0.25, 0.3) is 0 Å². The molecule has 2 heteroatoms. The fourth-order valence-electron chi connectivity index (χ4n) is 1.34. The molecular weight excluding hydrogens is 223 g/mol. The van der Waals surface area contributed by atoms with Crippen LogP contribution in [0, 0.1) is 6.92 Å². The molecule has 0 aliphatic rings. The van der Waals surface area contributed by atoms with Crippen LogP contribution >= 0.6 is 20.2 Å². The predicted molar refractivity (Wildman–Crippen MR) is 70.2 cm³/mol. The third kappa shape index (κ3) is 3.06. The van der Waals surface area contributed by atoms with E-state index in [1.165, 1.54) is 16.2 Å². The molecule has 2 rings (SSSR count). The van der Waals surface area contributed by atoms with Crippen molar-refractivity contribution in [3.05, 3.63) is 59.1 Å². The summed E-state index contributed by atoms with van der Waals surface area (Å²) in [5, 5.41) is 3.48. The molecule has 76 valence electrons. The zero-order chi connectivity index (χ0) is 10.7. The van der Waals surface area contributed by atoms with Crippen molar-refractivity contribution in [1.82, 2.24) is 0 Å². The van der Waals surface area contributed by atoms with E-state index in [9.17, 15) is 0 Å². The fourth-order valence-corrected chi connectivity index (χ4v) is 2.46. The minimum Gasteiger partial charge on any atom is -0.0843 e. The van der Waals surface area contributed by atoms with Gasteiger partial charge in [0.15, 0.2) is 0 Å². The minimum absolute atomic E-state index is 0.711. The largest absolute Gasteiger partial charge is 0.0843 e. The van der Waals surface area contributed by atoms with E-state index >= 15 is 0 Å². The summed E-state index contributed by atoms with van der Waals surface area (Å²) in [6.07, 6.45) is 0. The van der Waals surface area contributed by atoms with Gasteiger partial charge in [0.25, 0.3) is 0 Å². The molecule has 0 saturated heterocycles. The van der Waals surface area contributed by atoms with Gasteiger partial charge in [0, 0.05) is 5.02 Å². The van der Waals surface area contributed by atoms with Crippen LogP contribution in [0.3, 0.4) is 0 Å². The van der Waals surface area contributed by atoms with E-state index in [1.807, 2.05) is 12.1 Å². The molecule has 0 aromatic heterocycles. The second-order valence-corrected chi connectivity index (χ2v) is 5.34. The Hall–Kier alpha value is -0.840. The zero-order valence-electron chi connectivity index (χ0n) is 8.50. The van der Waals surface area contributed by atoms with Crippen molar-refractivity contribution < 1.29 is 0 Å². The van der Waals surface area contributed by atoms with Gasteiger partial charge in [-0.3, -0.25) is 0 Å². The molecule has 15 heavy (non-hydrogen) atoms. The van der Waals surface area contributed by atoms with Gasteiger partial charge >= 0.3 is 0 Å². The van der Waals surface area contributed by atoms with E-state index in [2.05, 4.69) is 43.3 Å². The fraction of sp³-hybridized carbons (Fsp3) is 0.0769. The lowest BCUT2D eigenvalue weighted by molar-refractivity contribution is 1.49. The topological polar surface area (TPSA) is 0 Å². The second-order valence-electron chi connectivity index (χ2n) is 3.50. The maximum absolute atomic E-state index is 5.84. The lowest BCUT2D eigenvalue weighted by Gasteiger charge is -2.02. The Morgan fingerprint density at radius 3 is 1.80 bits per heavy atom. The second kappa shape index (κ2) is 4.79. The first-order valence-corrected chi connectivity index (χ1v) is 6.21. The highest BCUT2D eigenvalue weighted by Crippen LogP contribution is 2.13. The van der Waals surface area contributed by atoms with Crippen LogP contribution in [0.15, 0.2) is 48.5 Å². The Kier molecular flexibility index (Phi) is 3.41. The van der Waals surface area contributed by atoms with Crippen LogP contribution in [-0.2, 0) is 0 Å². The first kappa shape index (κ1) is 10.7. The van der Waals surface area contributed by atoms with Crippen molar-refractivity contribution in [3.63, 3.8) is 0 Å². The third-order valence-electron chi connectivity index (χ3n) is 2.18. The minimum atomic E-state index is 0.711. The van der Waals surface area contributed by atoms with Crippen LogP contribution in [0.2, 0.25) is 5.02 Å². The summed E-state index contributed by atoms with van der Waals surface area (Å²) in [6.45, 7) is 2.11. The number of hydrogen-bond acceptors (Lipinski definition) is 0. The quantitative estimate of drug-likeness (QED) is 0.700. The van der Waals surface area contributed by atoms with Crippen LogP contribution in [0.1, 0.15) is 5.56 Å². The SMILES string of the molecule is Cc1ccc(Pc2ccc(Cl)cc2)cc1. The van der Waals surface area contributed by atoms with Gasteiger partial charge in [0.05, 0.1) is 0 Å². The van der Waals surface area contributed by atoms with E-state index in [1.54, 1.807) is 0 Å². The summed E-state index contributed by atoms with van der Waals surface area (Å²) in [7, 11) is 0.711. The highest BCUT2D eigenvalue weighted by Gasteiger charge is 1.95. The van der Waals surface area contributed by atoms with Crippen molar-refractivity contribution in [3.8, 4) is 0 Å².